The van der Waals surface area contributed by atoms with Crippen LogP contribution in [0.5, 0.6) is 0 Å². The van der Waals surface area contributed by atoms with Crippen molar-refractivity contribution in [3.63, 3.8) is 0 Å². The summed E-state index contributed by atoms with van der Waals surface area (Å²) in [7, 11) is 0. The quantitative estimate of drug-likeness (QED) is 0.338. The maximum Gasteiger partial charge on any atom is 0.331 e. The normalized spacial score (nSPS) is 37.3. The molecule has 0 radical (unpaired) electrons. The van der Waals surface area contributed by atoms with Crippen LogP contribution in [0, 0.1) is 16.7 Å². The van der Waals surface area contributed by atoms with Gasteiger partial charge in [-0.2, -0.15) is 0 Å². The molecule has 9 nitrogen and oxygen atoms in total. The first kappa shape index (κ1) is 26.9. The average Bonchev–Trinajstić information content (AvgIpc) is 3.14. The second kappa shape index (κ2) is 9.41. The van der Waals surface area contributed by atoms with Crippen molar-refractivity contribution in [1.29, 1.82) is 0 Å². The highest BCUT2D eigenvalue weighted by molar-refractivity contribution is 5.85. The molecule has 0 amide bonds. The molecule has 1 N–H and O–H groups in total. The molecule has 1 saturated carbocycles. The second-order valence-electron chi connectivity index (χ2n) is 10.5. The summed E-state index contributed by atoms with van der Waals surface area (Å²) in [6.45, 7) is 11.1. The van der Waals surface area contributed by atoms with Crippen molar-refractivity contribution in [1.82, 2.24) is 0 Å². The molecule has 1 heterocycles. The summed E-state index contributed by atoms with van der Waals surface area (Å²) in [6.07, 6.45) is 1.79. The van der Waals surface area contributed by atoms with E-state index in [2.05, 4.69) is 6.08 Å². The van der Waals surface area contributed by atoms with Crippen LogP contribution in [0.2, 0.25) is 0 Å². The molecule has 7 atom stereocenters. The maximum absolute atomic E-state index is 12.3. The molecule has 0 bridgehead atoms. The summed E-state index contributed by atoms with van der Waals surface area (Å²) >= 11 is 0. The van der Waals surface area contributed by atoms with E-state index in [-0.39, 0.29) is 18.9 Å². The molecule has 0 aromatic carbocycles. The third-order valence-corrected chi connectivity index (χ3v) is 8.45. The van der Waals surface area contributed by atoms with Crippen LogP contribution >= 0.6 is 0 Å². The number of esters is 4. The predicted molar refractivity (Wildman–Crippen MR) is 124 cm³/mol. The van der Waals surface area contributed by atoms with Gasteiger partial charge < -0.3 is 24.1 Å². The number of allylic oxidation sites excluding steroid dienone is 1. The van der Waals surface area contributed by atoms with E-state index in [9.17, 15) is 24.3 Å². The molecule has 0 spiro atoms. The van der Waals surface area contributed by atoms with Gasteiger partial charge in [0.2, 0.25) is 0 Å². The molecule has 1 fully saturated rings. The number of ether oxygens (including phenoxy) is 4. The SMILES string of the molecule is CC(=O)OC1C(OC(C)=O)C(C)(O)C(C)(C(CC2=CC(=O)OC2)OC(C)=O)C2CCC=C(C)C12C. The van der Waals surface area contributed by atoms with Crippen molar-refractivity contribution in [2.75, 3.05) is 6.61 Å². The van der Waals surface area contributed by atoms with E-state index in [0.29, 0.717) is 18.4 Å². The van der Waals surface area contributed by atoms with E-state index in [0.717, 1.165) is 5.57 Å². The summed E-state index contributed by atoms with van der Waals surface area (Å²) in [4.78, 5) is 48.4. The van der Waals surface area contributed by atoms with E-state index in [4.69, 9.17) is 18.9 Å². The Morgan fingerprint density at radius 2 is 1.69 bits per heavy atom. The van der Waals surface area contributed by atoms with E-state index >= 15 is 0 Å². The number of aliphatic hydroxyl groups is 1. The van der Waals surface area contributed by atoms with Crippen molar-refractivity contribution < 1.29 is 43.2 Å². The minimum atomic E-state index is -1.79. The van der Waals surface area contributed by atoms with E-state index in [1.54, 1.807) is 0 Å². The van der Waals surface area contributed by atoms with Gasteiger partial charge in [0.15, 0.2) is 12.2 Å². The molecule has 0 aromatic rings. The van der Waals surface area contributed by atoms with Gasteiger partial charge in [0, 0.05) is 44.1 Å². The fraction of sp³-hybridized carbons (Fsp3) is 0.692. The van der Waals surface area contributed by atoms with Crippen molar-refractivity contribution in [3.8, 4) is 0 Å². The maximum atomic E-state index is 12.3. The van der Waals surface area contributed by atoms with Gasteiger partial charge in [-0.05, 0) is 38.2 Å². The van der Waals surface area contributed by atoms with Gasteiger partial charge in [-0.25, -0.2) is 4.79 Å². The molecule has 1 aliphatic heterocycles. The topological polar surface area (TPSA) is 125 Å². The van der Waals surface area contributed by atoms with Crippen molar-refractivity contribution in [3.05, 3.63) is 23.3 Å². The standard InChI is InChI=1S/C26H36O9/c1-14-9-8-10-19-24(14,5)22(34-16(3)28)23(35-17(4)29)26(7,31)25(19,6)20(33-15(2)27)11-18-12-21(30)32-13-18/h9,12,19-20,22-23,31H,8,10-11,13H2,1-7H3. The highest BCUT2D eigenvalue weighted by Crippen LogP contribution is 2.65. The van der Waals surface area contributed by atoms with Gasteiger partial charge >= 0.3 is 23.9 Å². The highest BCUT2D eigenvalue weighted by atomic mass is 16.6. The Morgan fingerprint density at radius 3 is 2.20 bits per heavy atom. The summed E-state index contributed by atoms with van der Waals surface area (Å²) in [5, 5.41) is 12.2. The van der Waals surface area contributed by atoms with Crippen molar-refractivity contribution in [2.45, 2.75) is 91.6 Å². The monoisotopic (exact) mass is 492 g/mol. The number of rotatable bonds is 6. The molecule has 7 unspecified atom stereocenters. The number of carbonyl (C=O) groups is 4. The molecule has 9 heteroatoms. The first-order chi connectivity index (χ1) is 16.1. The Hall–Kier alpha value is -2.68. The lowest BCUT2D eigenvalue weighted by Gasteiger charge is -2.66. The predicted octanol–water partition coefficient (Wildman–Crippen LogP) is 2.79. The largest absolute Gasteiger partial charge is 0.462 e. The fourth-order valence-electron chi connectivity index (χ4n) is 6.49. The number of fused-ring (bicyclic) bond motifs is 1. The van der Waals surface area contributed by atoms with Crippen LogP contribution in [0.1, 0.15) is 67.7 Å². The molecule has 2 aliphatic carbocycles. The molecule has 194 valence electrons. The van der Waals surface area contributed by atoms with Crippen LogP contribution in [0.3, 0.4) is 0 Å². The molecule has 0 saturated heterocycles. The highest BCUT2D eigenvalue weighted by Gasteiger charge is 2.72. The zero-order valence-electron chi connectivity index (χ0n) is 21.5. The summed E-state index contributed by atoms with van der Waals surface area (Å²) in [6, 6.07) is 0. The van der Waals surface area contributed by atoms with Gasteiger partial charge in [-0.15, -0.1) is 0 Å². The number of hydrogen-bond donors (Lipinski definition) is 1. The summed E-state index contributed by atoms with van der Waals surface area (Å²) < 4.78 is 22.4. The van der Waals surface area contributed by atoms with Crippen molar-refractivity contribution in [2.24, 2.45) is 16.7 Å². The van der Waals surface area contributed by atoms with E-state index in [1.165, 1.54) is 33.8 Å². The van der Waals surface area contributed by atoms with Crippen LogP contribution in [-0.2, 0) is 38.1 Å². The minimum Gasteiger partial charge on any atom is -0.462 e. The Bertz CT molecular complexity index is 977. The smallest absolute Gasteiger partial charge is 0.331 e. The lowest BCUT2D eigenvalue weighted by atomic mass is 9.42. The van der Waals surface area contributed by atoms with Crippen molar-refractivity contribution >= 4 is 23.9 Å². The number of carbonyl (C=O) groups excluding carboxylic acids is 4. The van der Waals surface area contributed by atoms with E-state index in [1.807, 2.05) is 20.8 Å². The Kier molecular flexibility index (Phi) is 7.24. The molecular formula is C26H36O9. The molecule has 3 aliphatic rings. The molecule has 3 rings (SSSR count). The summed E-state index contributed by atoms with van der Waals surface area (Å²) in [5.41, 5.74) is -2.24. The lowest BCUT2D eigenvalue weighted by Crippen LogP contribution is -2.75. The zero-order chi connectivity index (χ0) is 26.3. The van der Waals surface area contributed by atoms with Gasteiger partial charge in [0.05, 0.1) is 0 Å². The number of hydrogen-bond acceptors (Lipinski definition) is 9. The Morgan fingerprint density at radius 1 is 1.09 bits per heavy atom. The van der Waals surface area contributed by atoms with Gasteiger partial charge in [0.1, 0.15) is 18.3 Å². The Labute approximate surface area is 205 Å². The number of cyclic esters (lactones) is 1. The van der Waals surface area contributed by atoms with Crippen LogP contribution in [0.15, 0.2) is 23.3 Å². The van der Waals surface area contributed by atoms with Gasteiger partial charge in [-0.1, -0.05) is 25.5 Å². The van der Waals surface area contributed by atoms with Crippen LogP contribution in [0.4, 0.5) is 0 Å². The molecule has 35 heavy (non-hydrogen) atoms. The van der Waals surface area contributed by atoms with Crippen LogP contribution in [0.25, 0.3) is 0 Å². The minimum absolute atomic E-state index is 0.0686. The Balaban J connectivity index is 2.25. The average molecular weight is 493 g/mol. The first-order valence-corrected chi connectivity index (χ1v) is 11.9. The lowest BCUT2D eigenvalue weighted by molar-refractivity contribution is -0.297. The second-order valence-corrected chi connectivity index (χ2v) is 10.5. The molecule has 0 aromatic heterocycles. The molecular weight excluding hydrogens is 456 g/mol. The first-order valence-electron chi connectivity index (χ1n) is 11.9. The third-order valence-electron chi connectivity index (χ3n) is 8.45. The fourth-order valence-corrected chi connectivity index (χ4v) is 6.49. The third kappa shape index (κ3) is 4.50. The van der Waals surface area contributed by atoms with Gasteiger partial charge in [0.25, 0.3) is 0 Å². The van der Waals surface area contributed by atoms with Crippen LogP contribution in [-0.4, -0.2) is 59.5 Å². The summed E-state index contributed by atoms with van der Waals surface area (Å²) in [5.74, 6) is -2.57. The van der Waals surface area contributed by atoms with Crippen LogP contribution < -0.4 is 0 Å². The van der Waals surface area contributed by atoms with E-state index < -0.39 is 58.6 Å². The zero-order valence-corrected chi connectivity index (χ0v) is 21.5. The van der Waals surface area contributed by atoms with Gasteiger partial charge in [-0.3, -0.25) is 14.4 Å².